The Morgan fingerprint density at radius 1 is 1.00 bits per heavy atom. The lowest BCUT2D eigenvalue weighted by atomic mass is 9.94. The van der Waals surface area contributed by atoms with Crippen LogP contribution in [0.1, 0.15) is 67.2 Å². The van der Waals surface area contributed by atoms with Crippen molar-refractivity contribution in [3.8, 4) is 11.1 Å². The molecule has 0 radical (unpaired) electrons. The van der Waals surface area contributed by atoms with E-state index < -0.39 is 23.5 Å². The van der Waals surface area contributed by atoms with Crippen molar-refractivity contribution < 1.29 is 32.3 Å². The number of carbonyl (C=O) groups excluding carboxylic acids is 1. The average molecular weight is 571 g/mol. The summed E-state index contributed by atoms with van der Waals surface area (Å²) in [5, 5.41) is 12.0. The highest BCUT2D eigenvalue weighted by molar-refractivity contribution is 5.94. The molecular formula is C32H34F4N2O3. The van der Waals surface area contributed by atoms with Gasteiger partial charge in [-0.3, -0.25) is 9.59 Å². The Balaban J connectivity index is 0.00000462. The summed E-state index contributed by atoms with van der Waals surface area (Å²) in [6, 6.07) is 14.6. The van der Waals surface area contributed by atoms with E-state index in [1.807, 2.05) is 35.9 Å². The number of halogens is 4. The van der Waals surface area contributed by atoms with E-state index in [0.29, 0.717) is 34.0 Å². The second-order valence-corrected chi connectivity index (χ2v) is 10.3. The van der Waals surface area contributed by atoms with Crippen molar-refractivity contribution in [1.82, 2.24) is 9.88 Å². The molecule has 41 heavy (non-hydrogen) atoms. The Bertz CT molecular complexity index is 1520. The van der Waals surface area contributed by atoms with Crippen molar-refractivity contribution in [3.63, 3.8) is 0 Å². The summed E-state index contributed by atoms with van der Waals surface area (Å²) in [5.41, 5.74) is 2.67. The molecule has 0 spiro atoms. The van der Waals surface area contributed by atoms with Crippen LogP contribution in [-0.2, 0) is 11.0 Å². The molecule has 0 saturated carbocycles. The third kappa shape index (κ3) is 6.96. The highest BCUT2D eigenvalue weighted by atomic mass is 19.4. The molecule has 0 saturated heterocycles. The SMILES string of the molecule is C.Cc1c(-c2ccc(C(F)(F)F)cc2)cc(F)c2c1ccn2C(CC(C)C)c1ccc(C(=O)NCCC(=O)O)cc1. The third-order valence-electron chi connectivity index (χ3n) is 6.96. The number of amides is 1. The minimum Gasteiger partial charge on any atom is -0.481 e. The molecule has 2 N–H and O–H groups in total. The minimum atomic E-state index is -4.45. The Morgan fingerprint density at radius 2 is 1.63 bits per heavy atom. The first-order valence-corrected chi connectivity index (χ1v) is 12.9. The first-order chi connectivity index (χ1) is 18.9. The van der Waals surface area contributed by atoms with Gasteiger partial charge in [0.25, 0.3) is 5.91 Å². The topological polar surface area (TPSA) is 71.3 Å². The van der Waals surface area contributed by atoms with Crippen molar-refractivity contribution in [2.24, 2.45) is 5.92 Å². The minimum absolute atomic E-state index is 0. The van der Waals surface area contributed by atoms with Crippen molar-refractivity contribution in [2.45, 2.75) is 53.3 Å². The molecule has 0 aliphatic rings. The van der Waals surface area contributed by atoms with E-state index in [9.17, 15) is 22.8 Å². The van der Waals surface area contributed by atoms with Crippen LogP contribution in [0.4, 0.5) is 17.6 Å². The van der Waals surface area contributed by atoms with Crippen LogP contribution in [0.25, 0.3) is 22.0 Å². The molecule has 0 aliphatic carbocycles. The smallest absolute Gasteiger partial charge is 0.416 e. The lowest BCUT2D eigenvalue weighted by molar-refractivity contribution is -0.138. The molecule has 5 nitrogen and oxygen atoms in total. The fraction of sp³-hybridized carbons (Fsp3) is 0.312. The summed E-state index contributed by atoms with van der Waals surface area (Å²) in [6.07, 6.45) is -2.12. The number of nitrogens with zero attached hydrogens (tertiary/aromatic N) is 1. The van der Waals surface area contributed by atoms with Gasteiger partial charge in [0, 0.05) is 23.7 Å². The molecule has 1 atom stereocenters. The van der Waals surface area contributed by atoms with E-state index in [0.717, 1.165) is 23.3 Å². The van der Waals surface area contributed by atoms with E-state index in [1.165, 1.54) is 18.2 Å². The number of alkyl halides is 3. The van der Waals surface area contributed by atoms with Crippen LogP contribution >= 0.6 is 0 Å². The molecule has 4 aromatic rings. The van der Waals surface area contributed by atoms with Crippen molar-refractivity contribution in [1.29, 1.82) is 0 Å². The van der Waals surface area contributed by atoms with Crippen LogP contribution in [0.15, 0.2) is 66.9 Å². The normalized spacial score (nSPS) is 12.3. The van der Waals surface area contributed by atoms with Crippen molar-refractivity contribution in [2.75, 3.05) is 6.54 Å². The van der Waals surface area contributed by atoms with Crippen LogP contribution in [0, 0.1) is 18.7 Å². The largest absolute Gasteiger partial charge is 0.481 e. The van der Waals surface area contributed by atoms with Gasteiger partial charge in [-0.25, -0.2) is 4.39 Å². The van der Waals surface area contributed by atoms with E-state index >= 15 is 4.39 Å². The maximum Gasteiger partial charge on any atom is 0.416 e. The number of benzene rings is 3. The molecule has 0 bridgehead atoms. The predicted molar refractivity (Wildman–Crippen MR) is 152 cm³/mol. The lowest BCUT2D eigenvalue weighted by Gasteiger charge is -2.24. The monoisotopic (exact) mass is 570 g/mol. The standard InChI is InChI=1S/C31H30F4N2O3.CH4/c1-18(2)16-27(21-4-6-22(7-5-21)30(40)36-14-12-28(38)39)37-15-13-24-19(3)25(17-26(32)29(24)37)20-8-10-23(11-9-20)31(33,34)35;/h4-11,13,15,17-18,27H,12,14,16H2,1-3H3,(H,36,40)(H,38,39);1H4. The molecule has 3 aromatic carbocycles. The van der Waals surface area contributed by atoms with E-state index in [-0.39, 0.29) is 38.3 Å². The molecule has 1 unspecified atom stereocenters. The average Bonchev–Trinajstić information content (AvgIpc) is 3.35. The van der Waals surface area contributed by atoms with Crippen LogP contribution in [0.3, 0.4) is 0 Å². The fourth-order valence-electron chi connectivity index (χ4n) is 4.95. The quantitative estimate of drug-likeness (QED) is 0.199. The number of rotatable bonds is 9. The molecule has 1 aromatic heterocycles. The molecule has 1 heterocycles. The van der Waals surface area contributed by atoms with Crippen LogP contribution in [0.5, 0.6) is 0 Å². The second kappa shape index (κ2) is 12.6. The van der Waals surface area contributed by atoms with Crippen LogP contribution in [0.2, 0.25) is 0 Å². The van der Waals surface area contributed by atoms with Gasteiger partial charge < -0.3 is 15.0 Å². The number of aliphatic carboxylic acids is 1. The molecular weight excluding hydrogens is 536 g/mol. The summed E-state index contributed by atoms with van der Waals surface area (Å²) in [6.45, 7) is 5.98. The fourth-order valence-corrected chi connectivity index (χ4v) is 4.95. The number of hydrogen-bond acceptors (Lipinski definition) is 2. The first-order valence-electron chi connectivity index (χ1n) is 12.9. The number of aryl methyl sites for hydroxylation is 1. The number of carbonyl (C=O) groups is 2. The number of carboxylic acids is 1. The number of hydrogen-bond donors (Lipinski definition) is 2. The zero-order chi connectivity index (χ0) is 29.2. The summed E-state index contributed by atoms with van der Waals surface area (Å²) >= 11 is 0. The Kier molecular flexibility index (Phi) is 9.63. The maximum absolute atomic E-state index is 15.7. The Labute approximate surface area is 236 Å². The van der Waals surface area contributed by atoms with Gasteiger partial charge >= 0.3 is 12.1 Å². The Hall–Kier alpha value is -4.14. The van der Waals surface area contributed by atoms with Gasteiger partial charge in [0.15, 0.2) is 0 Å². The van der Waals surface area contributed by atoms with Gasteiger partial charge in [0.2, 0.25) is 0 Å². The lowest BCUT2D eigenvalue weighted by Crippen LogP contribution is -2.26. The molecule has 1 amide bonds. The highest BCUT2D eigenvalue weighted by Gasteiger charge is 2.30. The number of aromatic nitrogens is 1. The van der Waals surface area contributed by atoms with Crippen molar-refractivity contribution in [3.05, 3.63) is 94.9 Å². The first kappa shape index (κ1) is 31.4. The molecule has 0 fully saturated rings. The number of carboxylic acid groups (broad SMARTS) is 1. The van der Waals surface area contributed by atoms with E-state index in [1.54, 1.807) is 12.1 Å². The third-order valence-corrected chi connectivity index (χ3v) is 6.96. The Morgan fingerprint density at radius 3 is 2.20 bits per heavy atom. The second-order valence-electron chi connectivity index (χ2n) is 10.3. The summed E-state index contributed by atoms with van der Waals surface area (Å²) < 4.78 is 56.7. The van der Waals surface area contributed by atoms with Crippen LogP contribution < -0.4 is 5.32 Å². The van der Waals surface area contributed by atoms with Gasteiger partial charge in [-0.05, 0) is 77.9 Å². The zero-order valence-electron chi connectivity index (χ0n) is 22.3. The zero-order valence-corrected chi connectivity index (χ0v) is 22.3. The van der Waals surface area contributed by atoms with Gasteiger partial charge in [0.05, 0.1) is 23.5 Å². The molecule has 9 heteroatoms. The van der Waals surface area contributed by atoms with Gasteiger partial charge in [-0.15, -0.1) is 0 Å². The highest BCUT2D eigenvalue weighted by Crippen LogP contribution is 2.38. The van der Waals surface area contributed by atoms with E-state index in [4.69, 9.17) is 5.11 Å². The van der Waals surface area contributed by atoms with Gasteiger partial charge in [-0.1, -0.05) is 45.5 Å². The number of nitrogens with one attached hydrogen (secondary N) is 1. The number of fused-ring (bicyclic) bond motifs is 1. The van der Waals surface area contributed by atoms with Gasteiger partial charge in [-0.2, -0.15) is 13.2 Å². The summed E-state index contributed by atoms with van der Waals surface area (Å²) in [5.74, 6) is -1.60. The molecule has 218 valence electrons. The van der Waals surface area contributed by atoms with Crippen LogP contribution in [-0.4, -0.2) is 28.1 Å². The predicted octanol–water partition coefficient (Wildman–Crippen LogP) is 8.25. The van der Waals surface area contributed by atoms with E-state index in [2.05, 4.69) is 19.2 Å². The summed E-state index contributed by atoms with van der Waals surface area (Å²) in [7, 11) is 0. The summed E-state index contributed by atoms with van der Waals surface area (Å²) in [4.78, 5) is 23.1. The van der Waals surface area contributed by atoms with Crippen molar-refractivity contribution >= 4 is 22.8 Å². The van der Waals surface area contributed by atoms with Gasteiger partial charge in [0.1, 0.15) is 5.82 Å². The molecule has 4 rings (SSSR count). The molecule has 0 aliphatic heterocycles. The maximum atomic E-state index is 15.7.